The highest BCUT2D eigenvalue weighted by Crippen LogP contribution is 2.50. The number of carbonyl (C=O) groups is 5. The molecule has 0 aliphatic heterocycles. The molecule has 3 saturated carbocycles. The monoisotopic (exact) mass is 2020 g/mol. The van der Waals surface area contributed by atoms with E-state index in [1.807, 2.05) is 0 Å². The number of isocyanates is 2. The fourth-order valence-corrected chi connectivity index (χ4v) is 62.0. The van der Waals surface area contributed by atoms with Gasteiger partial charge in [-0.25, -0.2) is 38.8 Å². The number of esters is 3. The number of aliphatic imine (C=N–C) groups is 2. The highest BCUT2D eigenvalue weighted by atomic mass is 28.5. The number of alkyl carbamates (subject to hydrolysis) is 2. The lowest BCUT2D eigenvalue weighted by molar-refractivity contribution is -0.150. The Kier molecular flexibility index (Phi) is 62.0. The molecule has 29 nitrogen and oxygen atoms in total. The third-order valence-electron chi connectivity index (χ3n) is 22.6. The molecule has 132 heavy (non-hydrogen) atoms. The first kappa shape index (κ1) is 130. The van der Waals surface area contributed by atoms with Crippen molar-refractivity contribution in [3.8, 4) is 6.26 Å². The molecular weight excluding hydrogens is 1840 g/mol. The first-order chi connectivity index (χ1) is 60.6. The van der Waals surface area contributed by atoms with Crippen LogP contribution in [0.15, 0.2) is 34.3 Å². The summed E-state index contributed by atoms with van der Waals surface area (Å²) in [6.45, 7) is 81.1. The standard InChI is InChI=1S/C34H67NO9Si3.C27H56N2O6Si3.C15H38O4Si3.C12H18N2O2.C6H10O3/c1-13-14-23-45(7,8)43-47(11,12)44-46(9,10)24-15-18-39-19-20-42-32(38)35-29-25-33(4,5)27-34(6,26-29)17-16-30(36)40-21-22-41-31(37)28(2)3;1-11-12-17-36(5,6)34-38(9,10)35-37(7,8)18-13-14-32-15-16-33-25(31)29-24-19-26(2,3)21-27(4,20-24)22-28-23-30;1-8-9-14-20(2,3)18-22(6,7)19-21(4,5)15-10-12-17-13-11-16;1-11(2)4-10(16-8-13)5-12(3,6-11)7-14-9-15;1-5(2)6(8)9-4-3-7/h29H,2,13-27H2,1,3-12H3,(H,35,38);24H,11-22H2,1-10H3,(H,29,31);16H,8-15H2,1-7H3;10H,4-7H2,1-3H3;7H,1,3-4H2,2H3. The molecule has 0 aromatic heterocycles. The number of ether oxygens (including phenoxy) is 9. The number of carbonyl (C=O) groups excluding carboxylic acids is 7. The normalized spacial score (nSPS) is 20.2. The van der Waals surface area contributed by atoms with Crippen LogP contribution in [-0.4, -0.2) is 245 Å². The first-order valence-electron chi connectivity index (χ1n) is 48.6. The molecule has 0 bridgehead atoms. The maximum Gasteiger partial charge on any atom is 0.407 e. The summed E-state index contributed by atoms with van der Waals surface area (Å²) in [6.07, 6.45) is 22.8. The molecular formula is C94H189N5O24Si9. The molecule has 0 radical (unpaired) electrons. The van der Waals surface area contributed by atoms with Crippen molar-refractivity contribution in [3.05, 3.63) is 24.3 Å². The Morgan fingerprint density at radius 3 is 1.02 bits per heavy atom. The zero-order chi connectivity index (χ0) is 102. The molecule has 38 heteroatoms. The number of hydrogen-bond acceptors (Lipinski definition) is 27. The maximum atomic E-state index is 12.6. The SMILES string of the molecule is C=C(C)C(=O)OCCO.C=C(C)C(=O)OCCOC(=O)CCC1(C)CC(NC(=O)OCCOCCC[Si](C)(C)O[Si](C)(C)O[Si](C)(C)CCCC)CC(C)(C)C1.CC1(C)CC(OC#N)CC(C)(CN=C=O)C1.CCCC[Si](C)(C)O[Si](C)(C)O[Si](C)(C)CCCOCCO.CCCC[Si](C)(C)O[Si](C)(C)O[Si](C)(C)CCCOCCOC(=O)NC1CC(C)(C)CC(C)(CN=C=O)C1. The Bertz CT molecular complexity index is 3500. The fourth-order valence-electron chi connectivity index (χ4n) is 19.3. The van der Waals surface area contributed by atoms with Crippen LogP contribution >= 0.6 is 0 Å². The largest absolute Gasteiger partial charge is 0.462 e. The Morgan fingerprint density at radius 1 is 0.394 bits per heavy atom. The zero-order valence-electron chi connectivity index (χ0n) is 88.9. The molecule has 0 aromatic carbocycles. The molecule has 3 rings (SSSR count). The number of nitrogens with one attached hydrogen (secondary N) is 2. The van der Waals surface area contributed by atoms with E-state index in [-0.39, 0.29) is 109 Å². The molecule has 4 N–H and O–H groups in total. The van der Waals surface area contributed by atoms with Gasteiger partial charge in [-0.15, -0.1) is 0 Å². The number of aliphatic hydroxyl groups excluding tert-OH is 2. The Hall–Kier alpha value is -4.01. The zero-order valence-corrected chi connectivity index (χ0v) is 97.9. The van der Waals surface area contributed by atoms with E-state index in [0.29, 0.717) is 70.3 Å². The van der Waals surface area contributed by atoms with Gasteiger partial charge in [-0.05, 0) is 284 Å². The summed E-state index contributed by atoms with van der Waals surface area (Å²) in [4.78, 5) is 87.5. The number of hydrogen-bond donors (Lipinski definition) is 4. The minimum Gasteiger partial charge on any atom is -0.462 e. The van der Waals surface area contributed by atoms with E-state index in [0.717, 1.165) is 95.2 Å². The van der Waals surface area contributed by atoms with Gasteiger partial charge in [-0.1, -0.05) is 135 Å². The van der Waals surface area contributed by atoms with Crippen LogP contribution in [0.4, 0.5) is 9.59 Å². The average molecular weight is 2030 g/mol. The second kappa shape index (κ2) is 62.9. The smallest absolute Gasteiger partial charge is 0.407 e. The van der Waals surface area contributed by atoms with Crippen LogP contribution in [0.3, 0.4) is 0 Å². The van der Waals surface area contributed by atoms with E-state index in [9.17, 15) is 33.6 Å². The van der Waals surface area contributed by atoms with Gasteiger partial charge >= 0.3 is 55.8 Å². The molecule has 6 atom stereocenters. The Labute approximate surface area is 809 Å². The molecule has 0 saturated heterocycles. The molecule has 6 unspecified atom stereocenters. The lowest BCUT2D eigenvalue weighted by Crippen LogP contribution is -2.52. The third-order valence-corrected chi connectivity index (χ3v) is 57.0. The van der Waals surface area contributed by atoms with Gasteiger partial charge in [-0.3, -0.25) is 4.79 Å². The van der Waals surface area contributed by atoms with Crippen molar-refractivity contribution in [1.29, 1.82) is 5.26 Å². The predicted octanol–water partition coefficient (Wildman–Crippen LogP) is 21.9. The summed E-state index contributed by atoms with van der Waals surface area (Å²) in [7, 11) is -16.9. The van der Waals surface area contributed by atoms with Crippen molar-refractivity contribution in [1.82, 2.24) is 10.6 Å². The van der Waals surface area contributed by atoms with Crippen molar-refractivity contribution in [3.63, 3.8) is 0 Å². The van der Waals surface area contributed by atoms with Gasteiger partial charge in [-0.2, -0.15) is 5.26 Å². The topological polar surface area (TPSA) is 371 Å². The van der Waals surface area contributed by atoms with Crippen LogP contribution < -0.4 is 10.6 Å². The van der Waals surface area contributed by atoms with Gasteiger partial charge in [0.15, 0.2) is 49.9 Å². The van der Waals surface area contributed by atoms with Crippen molar-refractivity contribution in [2.75, 3.05) is 99.0 Å². The summed E-state index contributed by atoms with van der Waals surface area (Å²) in [6, 6.07) is 6.60. The summed E-state index contributed by atoms with van der Waals surface area (Å²) >= 11 is 0. The van der Waals surface area contributed by atoms with Crippen molar-refractivity contribution in [2.45, 2.75) is 398 Å². The molecule has 3 aliphatic carbocycles. The van der Waals surface area contributed by atoms with Gasteiger partial charge in [0.2, 0.25) is 12.2 Å². The van der Waals surface area contributed by atoms with Crippen LogP contribution in [0.5, 0.6) is 0 Å². The van der Waals surface area contributed by atoms with E-state index >= 15 is 0 Å². The lowest BCUT2D eigenvalue weighted by atomic mass is 9.61. The van der Waals surface area contributed by atoms with Crippen molar-refractivity contribution in [2.24, 2.45) is 42.5 Å². The second-order valence-electron chi connectivity index (χ2n) is 45.1. The molecule has 3 aliphatic rings. The van der Waals surface area contributed by atoms with Crippen LogP contribution in [-0.2, 0) is 91.3 Å². The summed E-state index contributed by atoms with van der Waals surface area (Å²) in [5.41, 5.74) is 0.454. The highest BCUT2D eigenvalue weighted by Gasteiger charge is 2.47. The highest BCUT2D eigenvalue weighted by molar-refractivity contribution is 6.89. The molecule has 0 heterocycles. The number of rotatable bonds is 58. The van der Waals surface area contributed by atoms with Gasteiger partial charge < -0.3 is 88.2 Å². The number of nitriles is 1. The molecule has 0 aromatic rings. The van der Waals surface area contributed by atoms with Crippen LogP contribution in [0.25, 0.3) is 0 Å². The minimum atomic E-state index is -2.20. The quantitative estimate of drug-likeness (QED) is 0.00642. The first-order valence-corrected chi connectivity index (χ1v) is 75.7. The fraction of sp³-hybridized carbons (Fsp3) is 0.872. The van der Waals surface area contributed by atoms with Gasteiger partial charge in [0.25, 0.3) is 6.26 Å². The van der Waals surface area contributed by atoms with Crippen molar-refractivity contribution < 1.29 is 111 Å². The number of nitrogens with zero attached hydrogens (tertiary/aromatic N) is 3. The minimum absolute atomic E-state index is 0.00422. The van der Waals surface area contributed by atoms with Crippen LogP contribution in [0, 0.1) is 44.0 Å². The van der Waals surface area contributed by atoms with E-state index in [2.05, 4.69) is 239 Å². The number of amides is 2. The summed E-state index contributed by atoms with van der Waals surface area (Å²) < 4.78 is 87.1. The van der Waals surface area contributed by atoms with E-state index < -0.39 is 99.7 Å². The third kappa shape index (κ3) is 67.3. The van der Waals surface area contributed by atoms with Crippen LogP contribution in [0.1, 0.15) is 225 Å². The lowest BCUT2D eigenvalue weighted by Gasteiger charge is -2.46. The number of aliphatic hydroxyl groups is 2. The Morgan fingerprint density at radius 2 is 0.689 bits per heavy atom. The van der Waals surface area contributed by atoms with Gasteiger partial charge in [0, 0.05) is 49.5 Å². The molecule has 770 valence electrons. The van der Waals surface area contributed by atoms with E-state index in [1.165, 1.54) is 56.7 Å². The summed E-state index contributed by atoms with van der Waals surface area (Å²) in [5.74, 6) is -1.28. The van der Waals surface area contributed by atoms with E-state index in [1.54, 1.807) is 32.3 Å². The molecule has 0 spiro atoms. The van der Waals surface area contributed by atoms with E-state index in [4.69, 9.17) is 78.1 Å². The number of unbranched alkanes of at least 4 members (excludes halogenated alkanes) is 3. The van der Waals surface area contributed by atoms with Gasteiger partial charge in [0.1, 0.15) is 39.1 Å². The maximum absolute atomic E-state index is 12.6. The van der Waals surface area contributed by atoms with Gasteiger partial charge in [0.05, 0.1) is 46.1 Å². The van der Waals surface area contributed by atoms with Crippen molar-refractivity contribution >= 4 is 118 Å². The average Bonchev–Trinajstić information content (AvgIpc) is 0.817. The summed E-state index contributed by atoms with van der Waals surface area (Å²) in [5, 5.41) is 31.5. The predicted molar refractivity (Wildman–Crippen MR) is 550 cm³/mol. The molecule has 3 fully saturated rings. The molecule has 2 amide bonds. The van der Waals surface area contributed by atoms with Crippen LogP contribution in [0.2, 0.25) is 154 Å². The Balaban J connectivity index is 0. The second-order valence-corrected chi connectivity index (χ2v) is 82.5.